The molecule has 1 fully saturated rings. The van der Waals surface area contributed by atoms with Gasteiger partial charge < -0.3 is 14.8 Å². The van der Waals surface area contributed by atoms with E-state index in [4.69, 9.17) is 9.47 Å². The van der Waals surface area contributed by atoms with Crippen molar-refractivity contribution >= 4 is 5.78 Å². The molecule has 116 valence electrons. The third-order valence-corrected chi connectivity index (χ3v) is 3.68. The van der Waals surface area contributed by atoms with Gasteiger partial charge >= 0.3 is 0 Å². The molecule has 0 bridgehead atoms. The van der Waals surface area contributed by atoms with E-state index in [1.165, 1.54) is 0 Å². The Morgan fingerprint density at radius 1 is 1.43 bits per heavy atom. The first kappa shape index (κ1) is 16.0. The Morgan fingerprint density at radius 3 is 2.81 bits per heavy atom. The van der Waals surface area contributed by atoms with Crippen molar-refractivity contribution in [3.8, 4) is 5.75 Å². The van der Waals surface area contributed by atoms with Crippen LogP contribution in [-0.4, -0.2) is 37.7 Å². The van der Waals surface area contributed by atoms with E-state index in [0.29, 0.717) is 12.2 Å². The minimum atomic E-state index is -0.198. The SMILES string of the molecule is CCCOc1ccc(C(=O)C(C)NCC2CCCO2)cc1. The number of hydrogen-bond acceptors (Lipinski definition) is 4. The van der Waals surface area contributed by atoms with Crippen LogP contribution in [0.1, 0.15) is 43.5 Å². The fraction of sp³-hybridized carbons (Fsp3) is 0.588. The number of rotatable bonds is 8. The number of ether oxygens (including phenoxy) is 2. The molecule has 1 saturated heterocycles. The zero-order valence-electron chi connectivity index (χ0n) is 12.9. The average molecular weight is 291 g/mol. The molecule has 0 amide bonds. The molecule has 1 aromatic carbocycles. The van der Waals surface area contributed by atoms with Gasteiger partial charge in [-0.15, -0.1) is 0 Å². The summed E-state index contributed by atoms with van der Waals surface area (Å²) in [6, 6.07) is 7.18. The molecule has 1 aromatic rings. The molecule has 2 atom stereocenters. The van der Waals surface area contributed by atoms with Crippen LogP contribution in [0.2, 0.25) is 0 Å². The Labute approximate surface area is 126 Å². The van der Waals surface area contributed by atoms with Gasteiger partial charge in [-0.05, 0) is 50.5 Å². The maximum atomic E-state index is 12.3. The van der Waals surface area contributed by atoms with E-state index in [1.807, 2.05) is 31.2 Å². The zero-order valence-corrected chi connectivity index (χ0v) is 12.9. The molecule has 4 heteroatoms. The minimum absolute atomic E-state index is 0.107. The second-order valence-electron chi connectivity index (χ2n) is 5.50. The Bertz CT molecular complexity index is 438. The first-order valence-electron chi connectivity index (χ1n) is 7.82. The van der Waals surface area contributed by atoms with Crippen molar-refractivity contribution < 1.29 is 14.3 Å². The molecule has 1 aliphatic heterocycles. The number of benzene rings is 1. The van der Waals surface area contributed by atoms with Crippen molar-refractivity contribution in [3.63, 3.8) is 0 Å². The maximum absolute atomic E-state index is 12.3. The third-order valence-electron chi connectivity index (χ3n) is 3.68. The van der Waals surface area contributed by atoms with Crippen molar-refractivity contribution in [3.05, 3.63) is 29.8 Å². The summed E-state index contributed by atoms with van der Waals surface area (Å²) in [7, 11) is 0. The normalized spacial score (nSPS) is 19.4. The fourth-order valence-electron chi connectivity index (χ4n) is 2.39. The van der Waals surface area contributed by atoms with Crippen molar-refractivity contribution in [1.29, 1.82) is 0 Å². The van der Waals surface area contributed by atoms with Gasteiger partial charge in [0.2, 0.25) is 0 Å². The highest BCUT2D eigenvalue weighted by Crippen LogP contribution is 2.14. The highest BCUT2D eigenvalue weighted by molar-refractivity contribution is 5.99. The molecule has 2 unspecified atom stereocenters. The quantitative estimate of drug-likeness (QED) is 0.748. The van der Waals surface area contributed by atoms with Gasteiger partial charge in [0.05, 0.1) is 18.8 Å². The lowest BCUT2D eigenvalue weighted by molar-refractivity contribution is 0.0902. The van der Waals surface area contributed by atoms with E-state index in [2.05, 4.69) is 12.2 Å². The van der Waals surface area contributed by atoms with Gasteiger partial charge in [-0.2, -0.15) is 0 Å². The number of carbonyl (C=O) groups is 1. The Kier molecular flexibility index (Phi) is 6.21. The lowest BCUT2D eigenvalue weighted by Crippen LogP contribution is -2.38. The van der Waals surface area contributed by atoms with Gasteiger partial charge in [0.1, 0.15) is 5.75 Å². The van der Waals surface area contributed by atoms with Crippen LogP contribution in [0.25, 0.3) is 0 Å². The van der Waals surface area contributed by atoms with Gasteiger partial charge in [-0.1, -0.05) is 6.92 Å². The molecule has 1 N–H and O–H groups in total. The first-order valence-corrected chi connectivity index (χ1v) is 7.82. The van der Waals surface area contributed by atoms with Crippen molar-refractivity contribution in [2.75, 3.05) is 19.8 Å². The summed E-state index contributed by atoms with van der Waals surface area (Å²) in [6.45, 7) is 6.25. The van der Waals surface area contributed by atoms with Gasteiger partial charge in [-0.25, -0.2) is 0 Å². The predicted octanol–water partition coefficient (Wildman–Crippen LogP) is 2.82. The van der Waals surface area contributed by atoms with Gasteiger partial charge in [0, 0.05) is 18.7 Å². The zero-order chi connectivity index (χ0) is 15.1. The van der Waals surface area contributed by atoms with E-state index < -0.39 is 0 Å². The van der Waals surface area contributed by atoms with Gasteiger partial charge in [0.15, 0.2) is 5.78 Å². The van der Waals surface area contributed by atoms with Crippen molar-refractivity contribution in [1.82, 2.24) is 5.32 Å². The Balaban J connectivity index is 1.83. The highest BCUT2D eigenvalue weighted by atomic mass is 16.5. The molecule has 0 saturated carbocycles. The van der Waals surface area contributed by atoms with Gasteiger partial charge in [0.25, 0.3) is 0 Å². The summed E-state index contributed by atoms with van der Waals surface area (Å²) in [6.07, 6.45) is 3.43. The van der Waals surface area contributed by atoms with Crippen LogP contribution in [0.15, 0.2) is 24.3 Å². The van der Waals surface area contributed by atoms with E-state index in [9.17, 15) is 4.79 Å². The van der Waals surface area contributed by atoms with Crippen LogP contribution in [0.4, 0.5) is 0 Å². The molecule has 0 spiro atoms. The number of ketones is 1. The van der Waals surface area contributed by atoms with E-state index in [1.54, 1.807) is 0 Å². The lowest BCUT2D eigenvalue weighted by atomic mass is 10.1. The van der Waals surface area contributed by atoms with Crippen molar-refractivity contribution in [2.45, 2.75) is 45.3 Å². The summed E-state index contributed by atoms with van der Waals surface area (Å²) < 4.78 is 11.1. The second kappa shape index (κ2) is 8.15. The Morgan fingerprint density at radius 2 is 2.19 bits per heavy atom. The summed E-state index contributed by atoms with van der Waals surface area (Å²) >= 11 is 0. The maximum Gasteiger partial charge on any atom is 0.179 e. The first-order chi connectivity index (χ1) is 10.2. The predicted molar refractivity (Wildman–Crippen MR) is 83.0 cm³/mol. The number of carbonyl (C=O) groups excluding carboxylic acids is 1. The van der Waals surface area contributed by atoms with Crippen LogP contribution in [0, 0.1) is 0 Å². The van der Waals surface area contributed by atoms with Crippen LogP contribution < -0.4 is 10.1 Å². The molecule has 0 aliphatic carbocycles. The van der Waals surface area contributed by atoms with Crippen LogP contribution in [0.3, 0.4) is 0 Å². The average Bonchev–Trinajstić information content (AvgIpc) is 3.04. The molecule has 4 nitrogen and oxygen atoms in total. The summed E-state index contributed by atoms with van der Waals surface area (Å²) in [5, 5.41) is 3.27. The number of hydrogen-bond donors (Lipinski definition) is 1. The van der Waals surface area contributed by atoms with E-state index in [-0.39, 0.29) is 17.9 Å². The molecule has 0 aromatic heterocycles. The summed E-state index contributed by atoms with van der Waals surface area (Å²) in [5.74, 6) is 0.920. The van der Waals surface area contributed by atoms with E-state index in [0.717, 1.165) is 38.2 Å². The summed E-state index contributed by atoms with van der Waals surface area (Å²) in [5.41, 5.74) is 0.714. The monoisotopic (exact) mass is 291 g/mol. The van der Waals surface area contributed by atoms with Crippen LogP contribution in [0.5, 0.6) is 5.75 Å². The second-order valence-corrected chi connectivity index (χ2v) is 5.50. The smallest absolute Gasteiger partial charge is 0.179 e. The molecule has 1 aliphatic rings. The standard InChI is InChI=1S/C17H25NO3/c1-3-10-20-15-8-6-14(7-9-15)17(19)13(2)18-12-16-5-4-11-21-16/h6-9,13,16,18H,3-5,10-12H2,1-2H3. The molecule has 1 heterocycles. The van der Waals surface area contributed by atoms with Crippen molar-refractivity contribution in [2.24, 2.45) is 0 Å². The van der Waals surface area contributed by atoms with Gasteiger partial charge in [-0.3, -0.25) is 4.79 Å². The molecular formula is C17H25NO3. The number of nitrogens with one attached hydrogen (secondary N) is 1. The molecular weight excluding hydrogens is 266 g/mol. The lowest BCUT2D eigenvalue weighted by Gasteiger charge is -2.16. The number of Topliss-reactive ketones (excluding diaryl/α,β-unsaturated/α-hetero) is 1. The molecule has 2 rings (SSSR count). The fourth-order valence-corrected chi connectivity index (χ4v) is 2.39. The summed E-state index contributed by atoms with van der Waals surface area (Å²) in [4.78, 5) is 12.3. The molecule has 0 radical (unpaired) electrons. The van der Waals surface area contributed by atoms with Crippen LogP contribution in [-0.2, 0) is 4.74 Å². The largest absolute Gasteiger partial charge is 0.494 e. The third kappa shape index (κ3) is 4.83. The minimum Gasteiger partial charge on any atom is -0.494 e. The molecule has 21 heavy (non-hydrogen) atoms. The highest BCUT2D eigenvalue weighted by Gasteiger charge is 2.19. The van der Waals surface area contributed by atoms with E-state index >= 15 is 0 Å². The topological polar surface area (TPSA) is 47.6 Å². The van der Waals surface area contributed by atoms with Crippen LogP contribution >= 0.6 is 0 Å². The Hall–Kier alpha value is -1.39.